The molecule has 0 saturated heterocycles. The maximum Gasteiger partial charge on any atom is 0.407 e. The molecule has 0 aromatic heterocycles. The van der Waals surface area contributed by atoms with Crippen LogP contribution in [-0.4, -0.2) is 42.3 Å². The fourth-order valence-corrected chi connectivity index (χ4v) is 4.59. The van der Waals surface area contributed by atoms with Crippen molar-refractivity contribution >= 4 is 18.0 Å². The van der Waals surface area contributed by atoms with Crippen LogP contribution in [0, 0.1) is 0 Å². The molecule has 2 aromatic carbocycles. The van der Waals surface area contributed by atoms with Crippen molar-refractivity contribution < 1.29 is 24.2 Å². The lowest BCUT2D eigenvalue weighted by molar-refractivity contribution is -0.137. The third-order valence-electron chi connectivity index (χ3n) is 6.47. The predicted molar refractivity (Wildman–Crippen MR) is 135 cm³/mol. The molecule has 3 rings (SSSR count). The van der Waals surface area contributed by atoms with Crippen LogP contribution in [0.3, 0.4) is 0 Å². The lowest BCUT2D eigenvalue weighted by Crippen LogP contribution is -2.35. The van der Waals surface area contributed by atoms with Crippen molar-refractivity contribution in [1.29, 1.82) is 0 Å². The molecule has 0 radical (unpaired) electrons. The van der Waals surface area contributed by atoms with Crippen LogP contribution in [0.25, 0.3) is 11.1 Å². The van der Waals surface area contributed by atoms with Crippen LogP contribution in [0.5, 0.6) is 0 Å². The van der Waals surface area contributed by atoms with Gasteiger partial charge in [-0.3, -0.25) is 9.59 Å². The monoisotopic (exact) mass is 480 g/mol. The number of nitrogens with one attached hydrogen (secondary N) is 2. The first-order chi connectivity index (χ1) is 17.0. The molecular weight excluding hydrogens is 444 g/mol. The highest BCUT2D eigenvalue weighted by molar-refractivity contribution is 5.79. The normalized spacial score (nSPS) is 12.9. The van der Waals surface area contributed by atoms with Crippen LogP contribution in [0.4, 0.5) is 4.79 Å². The van der Waals surface area contributed by atoms with E-state index in [1.165, 1.54) is 22.3 Å². The van der Waals surface area contributed by atoms with E-state index in [9.17, 15) is 14.4 Å². The Labute approximate surface area is 207 Å². The van der Waals surface area contributed by atoms with Crippen LogP contribution in [-0.2, 0) is 14.3 Å². The number of aliphatic carboxylic acids is 1. The van der Waals surface area contributed by atoms with Gasteiger partial charge in [0, 0.05) is 24.9 Å². The van der Waals surface area contributed by atoms with E-state index in [0.717, 1.165) is 32.1 Å². The number of carboxylic acid groups (broad SMARTS) is 1. The van der Waals surface area contributed by atoms with Crippen LogP contribution in [0.1, 0.15) is 75.3 Å². The first-order valence-corrected chi connectivity index (χ1v) is 12.6. The van der Waals surface area contributed by atoms with Gasteiger partial charge in [-0.2, -0.15) is 0 Å². The summed E-state index contributed by atoms with van der Waals surface area (Å²) < 4.78 is 5.54. The third-order valence-corrected chi connectivity index (χ3v) is 6.47. The number of benzene rings is 2. The molecule has 2 amide bonds. The summed E-state index contributed by atoms with van der Waals surface area (Å²) in [6, 6.07) is 16.2. The van der Waals surface area contributed by atoms with E-state index in [0.29, 0.717) is 26.0 Å². The molecule has 0 aliphatic heterocycles. The lowest BCUT2D eigenvalue weighted by atomic mass is 9.98. The molecule has 3 N–H and O–H groups in total. The largest absolute Gasteiger partial charge is 0.481 e. The van der Waals surface area contributed by atoms with Gasteiger partial charge in [0.2, 0.25) is 5.91 Å². The molecule has 1 atom stereocenters. The molecule has 1 aliphatic carbocycles. The Morgan fingerprint density at radius 3 is 2.14 bits per heavy atom. The Morgan fingerprint density at radius 2 is 1.51 bits per heavy atom. The summed E-state index contributed by atoms with van der Waals surface area (Å²) in [5.74, 6) is -0.930. The maximum atomic E-state index is 12.2. The minimum atomic E-state index is -0.899. The van der Waals surface area contributed by atoms with Gasteiger partial charge in [-0.05, 0) is 41.5 Å². The van der Waals surface area contributed by atoms with Gasteiger partial charge in [-0.15, -0.1) is 0 Å². The van der Waals surface area contributed by atoms with Crippen molar-refractivity contribution in [3.05, 3.63) is 59.7 Å². The number of fused-ring (bicyclic) bond motifs is 3. The SMILES string of the molecule is CC[C@@H](CC(=O)O)NC(=O)CCCCCCCNC(=O)OCC1c2ccccc2-c2ccccc21. The Bertz CT molecular complexity index is 961. The number of unbranched alkanes of at least 4 members (excludes halogenated alkanes) is 4. The Morgan fingerprint density at radius 1 is 0.914 bits per heavy atom. The summed E-state index contributed by atoms with van der Waals surface area (Å²) in [6.07, 6.45) is 5.07. The topological polar surface area (TPSA) is 105 Å². The molecule has 1 aliphatic rings. The minimum absolute atomic E-state index is 0.0427. The molecule has 188 valence electrons. The van der Waals surface area contributed by atoms with Gasteiger partial charge in [0.25, 0.3) is 0 Å². The summed E-state index contributed by atoms with van der Waals surface area (Å²) in [5, 5.41) is 14.5. The summed E-state index contributed by atoms with van der Waals surface area (Å²) >= 11 is 0. The number of carbonyl (C=O) groups is 3. The van der Waals surface area contributed by atoms with E-state index in [1.54, 1.807) is 0 Å². The molecule has 35 heavy (non-hydrogen) atoms. The number of alkyl carbamates (subject to hydrolysis) is 1. The van der Waals surface area contributed by atoms with Crippen LogP contribution < -0.4 is 10.6 Å². The van der Waals surface area contributed by atoms with E-state index < -0.39 is 12.1 Å². The highest BCUT2D eigenvalue weighted by Gasteiger charge is 2.28. The van der Waals surface area contributed by atoms with Crippen molar-refractivity contribution in [3.63, 3.8) is 0 Å². The molecule has 0 heterocycles. The van der Waals surface area contributed by atoms with E-state index in [1.807, 2.05) is 31.2 Å². The number of hydrogen-bond acceptors (Lipinski definition) is 4. The van der Waals surface area contributed by atoms with Gasteiger partial charge in [0.15, 0.2) is 0 Å². The Balaban J connectivity index is 1.26. The van der Waals surface area contributed by atoms with Gasteiger partial charge in [0.05, 0.1) is 6.42 Å². The molecule has 7 nitrogen and oxygen atoms in total. The van der Waals surface area contributed by atoms with Crippen molar-refractivity contribution in [2.24, 2.45) is 0 Å². The molecule has 0 spiro atoms. The number of hydrogen-bond donors (Lipinski definition) is 3. The van der Waals surface area contributed by atoms with Gasteiger partial charge in [-0.1, -0.05) is 74.7 Å². The van der Waals surface area contributed by atoms with Gasteiger partial charge in [0.1, 0.15) is 6.61 Å². The number of amides is 2. The quantitative estimate of drug-likeness (QED) is 0.321. The Kier molecular flexibility index (Phi) is 10.1. The predicted octanol–water partition coefficient (Wildman–Crippen LogP) is 5.24. The average Bonchev–Trinajstić information content (AvgIpc) is 3.17. The molecule has 0 saturated carbocycles. The first-order valence-electron chi connectivity index (χ1n) is 12.6. The molecule has 0 bridgehead atoms. The summed E-state index contributed by atoms with van der Waals surface area (Å²) in [5.41, 5.74) is 4.81. The van der Waals surface area contributed by atoms with E-state index in [2.05, 4.69) is 34.9 Å². The molecular formula is C28H36N2O5. The van der Waals surface area contributed by atoms with Crippen LogP contribution in [0.15, 0.2) is 48.5 Å². The third kappa shape index (κ3) is 7.84. The molecule has 2 aromatic rings. The Hall–Kier alpha value is -3.35. The summed E-state index contributed by atoms with van der Waals surface area (Å²) in [4.78, 5) is 34.9. The molecule has 7 heteroatoms. The minimum Gasteiger partial charge on any atom is -0.481 e. The van der Waals surface area contributed by atoms with Crippen LogP contribution >= 0.6 is 0 Å². The number of rotatable bonds is 14. The zero-order chi connectivity index (χ0) is 25.0. The fraction of sp³-hybridized carbons (Fsp3) is 0.464. The first kappa shape index (κ1) is 26.3. The molecule has 0 fully saturated rings. The number of ether oxygens (including phenoxy) is 1. The second-order valence-corrected chi connectivity index (χ2v) is 9.04. The molecule has 0 unspecified atom stereocenters. The summed E-state index contributed by atoms with van der Waals surface area (Å²) in [6.45, 7) is 2.74. The number of carboxylic acids is 1. The van der Waals surface area contributed by atoms with Crippen molar-refractivity contribution in [2.75, 3.05) is 13.2 Å². The highest BCUT2D eigenvalue weighted by atomic mass is 16.5. The van der Waals surface area contributed by atoms with Gasteiger partial charge in [-0.25, -0.2) is 4.79 Å². The number of carbonyl (C=O) groups excluding carboxylic acids is 2. The maximum absolute atomic E-state index is 12.2. The summed E-state index contributed by atoms with van der Waals surface area (Å²) in [7, 11) is 0. The van der Waals surface area contributed by atoms with Gasteiger partial charge >= 0.3 is 12.1 Å². The zero-order valence-electron chi connectivity index (χ0n) is 20.4. The van der Waals surface area contributed by atoms with Crippen molar-refractivity contribution in [2.45, 2.75) is 70.3 Å². The van der Waals surface area contributed by atoms with Crippen molar-refractivity contribution in [3.8, 4) is 11.1 Å². The highest BCUT2D eigenvalue weighted by Crippen LogP contribution is 2.44. The van der Waals surface area contributed by atoms with E-state index in [4.69, 9.17) is 9.84 Å². The van der Waals surface area contributed by atoms with Gasteiger partial charge < -0.3 is 20.5 Å². The van der Waals surface area contributed by atoms with Crippen LogP contribution in [0.2, 0.25) is 0 Å². The van der Waals surface area contributed by atoms with E-state index >= 15 is 0 Å². The average molecular weight is 481 g/mol. The second kappa shape index (κ2) is 13.5. The standard InChI is InChI=1S/C28H36N2O5/c1-2-20(18-27(32)33)30-26(31)16-6-4-3-5-11-17-29-28(34)35-19-25-23-14-9-7-12-21(23)22-13-8-10-15-24(22)25/h7-10,12-15,20,25H,2-6,11,16-19H2,1H3,(H,29,34)(H,30,31)(H,32,33)/t20-/m0/s1. The zero-order valence-corrected chi connectivity index (χ0v) is 20.4. The fourth-order valence-electron chi connectivity index (χ4n) is 4.59. The lowest BCUT2D eigenvalue weighted by Gasteiger charge is -2.15. The second-order valence-electron chi connectivity index (χ2n) is 9.04. The smallest absolute Gasteiger partial charge is 0.407 e. The van der Waals surface area contributed by atoms with E-state index in [-0.39, 0.29) is 24.3 Å². The van der Waals surface area contributed by atoms with Crippen molar-refractivity contribution in [1.82, 2.24) is 10.6 Å².